The molecule has 1 heterocycles. The molecule has 1 N–H and O–H groups in total. The van der Waals surface area contributed by atoms with Gasteiger partial charge in [-0.1, -0.05) is 6.92 Å². The fraction of sp³-hybridized carbons (Fsp3) is 0.733. The summed E-state index contributed by atoms with van der Waals surface area (Å²) in [6.45, 7) is 3.39. The van der Waals surface area contributed by atoms with Gasteiger partial charge in [-0.05, 0) is 68.0 Å². The average molecular weight is 233 g/mol. The van der Waals surface area contributed by atoms with E-state index in [1.165, 1.54) is 31.2 Å². The van der Waals surface area contributed by atoms with Crippen molar-refractivity contribution in [1.82, 2.24) is 5.32 Å². The summed E-state index contributed by atoms with van der Waals surface area (Å²) in [5.41, 5.74) is 1.35. The molecule has 3 atom stereocenters. The third-order valence-electron chi connectivity index (χ3n) is 4.54. The molecule has 2 fully saturated rings. The molecule has 0 aliphatic heterocycles. The number of hydrogen-bond acceptors (Lipinski definition) is 2. The monoisotopic (exact) mass is 233 g/mol. The van der Waals surface area contributed by atoms with E-state index in [0.29, 0.717) is 6.04 Å². The molecule has 0 saturated heterocycles. The second-order valence-electron chi connectivity index (χ2n) is 5.88. The van der Waals surface area contributed by atoms with E-state index in [1.807, 2.05) is 6.26 Å². The van der Waals surface area contributed by atoms with Crippen LogP contribution in [-0.4, -0.2) is 12.6 Å². The summed E-state index contributed by atoms with van der Waals surface area (Å²) in [6, 6.07) is 2.77. The lowest BCUT2D eigenvalue weighted by Crippen LogP contribution is -2.38. The molecule has 0 spiro atoms. The smallest absolute Gasteiger partial charge is 0.0935 e. The van der Waals surface area contributed by atoms with Crippen LogP contribution in [0.2, 0.25) is 0 Å². The molecule has 94 valence electrons. The van der Waals surface area contributed by atoms with E-state index in [1.54, 1.807) is 6.26 Å². The lowest BCUT2D eigenvalue weighted by Gasteiger charge is -2.25. The highest BCUT2D eigenvalue weighted by atomic mass is 16.3. The Balaban J connectivity index is 1.59. The first kappa shape index (κ1) is 11.3. The van der Waals surface area contributed by atoms with E-state index < -0.39 is 0 Å². The van der Waals surface area contributed by atoms with Crippen LogP contribution in [0.25, 0.3) is 0 Å². The van der Waals surface area contributed by atoms with Crippen LogP contribution in [0.15, 0.2) is 23.0 Å². The number of hydrogen-bond donors (Lipinski definition) is 1. The fourth-order valence-electron chi connectivity index (χ4n) is 3.49. The van der Waals surface area contributed by atoms with Crippen LogP contribution in [0, 0.1) is 17.8 Å². The van der Waals surface area contributed by atoms with Gasteiger partial charge < -0.3 is 9.73 Å². The van der Waals surface area contributed by atoms with E-state index in [9.17, 15) is 0 Å². The van der Waals surface area contributed by atoms with Crippen LogP contribution < -0.4 is 5.32 Å². The van der Waals surface area contributed by atoms with E-state index >= 15 is 0 Å². The Morgan fingerprint density at radius 2 is 2.18 bits per heavy atom. The molecular formula is C15H23NO. The highest BCUT2D eigenvalue weighted by Gasteiger charge is 2.47. The van der Waals surface area contributed by atoms with Gasteiger partial charge in [0, 0.05) is 6.04 Å². The minimum atomic E-state index is 0.667. The summed E-state index contributed by atoms with van der Waals surface area (Å²) in [5.74, 6) is 3.06. The zero-order chi connectivity index (χ0) is 11.7. The van der Waals surface area contributed by atoms with Crippen LogP contribution in [0.3, 0.4) is 0 Å². The highest BCUT2D eigenvalue weighted by Crippen LogP contribution is 2.55. The summed E-state index contributed by atoms with van der Waals surface area (Å²) in [7, 11) is 0. The van der Waals surface area contributed by atoms with Gasteiger partial charge in [0.05, 0.1) is 12.5 Å². The van der Waals surface area contributed by atoms with Crippen LogP contribution in [-0.2, 0) is 6.42 Å². The molecule has 0 bridgehead atoms. The van der Waals surface area contributed by atoms with Crippen molar-refractivity contribution in [2.75, 3.05) is 6.54 Å². The molecule has 2 nitrogen and oxygen atoms in total. The maximum absolute atomic E-state index is 5.18. The Bertz CT molecular complexity index is 336. The van der Waals surface area contributed by atoms with E-state index in [2.05, 4.69) is 18.3 Å². The van der Waals surface area contributed by atoms with Crippen molar-refractivity contribution in [2.24, 2.45) is 17.8 Å². The van der Waals surface area contributed by atoms with Crippen molar-refractivity contribution in [2.45, 2.75) is 45.1 Å². The largest absolute Gasteiger partial charge is 0.472 e. The van der Waals surface area contributed by atoms with Crippen LogP contribution in [0.4, 0.5) is 0 Å². The average Bonchev–Trinajstić information content (AvgIpc) is 2.80. The molecule has 0 radical (unpaired) electrons. The van der Waals surface area contributed by atoms with Gasteiger partial charge in [-0.15, -0.1) is 0 Å². The van der Waals surface area contributed by atoms with Gasteiger partial charge in [0.15, 0.2) is 0 Å². The Morgan fingerprint density at radius 1 is 1.35 bits per heavy atom. The van der Waals surface area contributed by atoms with E-state index in [0.717, 1.165) is 30.7 Å². The minimum absolute atomic E-state index is 0.667. The molecule has 2 saturated carbocycles. The lowest BCUT2D eigenvalue weighted by molar-refractivity contribution is 0.332. The Hall–Kier alpha value is -0.760. The predicted octanol–water partition coefficient (Wildman–Crippen LogP) is 3.24. The normalized spacial score (nSPS) is 32.4. The second-order valence-corrected chi connectivity index (χ2v) is 5.88. The standard InChI is InChI=1S/C15H23NO/c1-2-4-16-15(6-11-3-5-17-10-11)14-8-12-7-13(12)9-14/h3,5,10,12-16H,2,4,6-9H2,1H3. The first-order chi connectivity index (χ1) is 8.36. The molecule has 1 aromatic heterocycles. The van der Waals surface area contributed by atoms with Gasteiger partial charge in [0.25, 0.3) is 0 Å². The third kappa shape index (κ3) is 2.57. The van der Waals surface area contributed by atoms with Crippen LogP contribution >= 0.6 is 0 Å². The van der Waals surface area contributed by atoms with Gasteiger partial charge in [0.2, 0.25) is 0 Å². The molecule has 3 rings (SSSR count). The molecule has 0 aromatic carbocycles. The van der Waals surface area contributed by atoms with Gasteiger partial charge in [0.1, 0.15) is 0 Å². The Labute approximate surface area is 104 Å². The number of fused-ring (bicyclic) bond motifs is 1. The first-order valence-corrected chi connectivity index (χ1v) is 7.11. The summed E-state index contributed by atoms with van der Waals surface area (Å²) < 4.78 is 5.18. The number of rotatable bonds is 6. The maximum Gasteiger partial charge on any atom is 0.0935 e. The van der Waals surface area contributed by atoms with Crippen molar-refractivity contribution in [3.8, 4) is 0 Å². The van der Waals surface area contributed by atoms with Gasteiger partial charge in [-0.3, -0.25) is 0 Å². The number of furan rings is 1. The molecular weight excluding hydrogens is 210 g/mol. The van der Waals surface area contributed by atoms with Crippen molar-refractivity contribution in [3.05, 3.63) is 24.2 Å². The molecule has 1 aromatic rings. The molecule has 3 unspecified atom stereocenters. The van der Waals surface area contributed by atoms with E-state index in [4.69, 9.17) is 4.42 Å². The zero-order valence-electron chi connectivity index (χ0n) is 10.7. The van der Waals surface area contributed by atoms with Crippen molar-refractivity contribution in [3.63, 3.8) is 0 Å². The second kappa shape index (κ2) is 4.85. The molecule has 0 amide bonds. The summed E-state index contributed by atoms with van der Waals surface area (Å²) in [5, 5.41) is 3.75. The topological polar surface area (TPSA) is 25.2 Å². The van der Waals surface area contributed by atoms with Crippen LogP contribution in [0.5, 0.6) is 0 Å². The Kier molecular flexibility index (Phi) is 3.24. The molecule has 2 heteroatoms. The number of nitrogens with one attached hydrogen (secondary N) is 1. The first-order valence-electron chi connectivity index (χ1n) is 7.11. The zero-order valence-corrected chi connectivity index (χ0v) is 10.7. The third-order valence-corrected chi connectivity index (χ3v) is 4.54. The summed E-state index contributed by atoms with van der Waals surface area (Å²) >= 11 is 0. The van der Waals surface area contributed by atoms with Gasteiger partial charge in [-0.2, -0.15) is 0 Å². The van der Waals surface area contributed by atoms with Gasteiger partial charge >= 0.3 is 0 Å². The van der Waals surface area contributed by atoms with Crippen molar-refractivity contribution < 1.29 is 4.42 Å². The molecule has 2 aliphatic carbocycles. The van der Waals surface area contributed by atoms with Crippen LogP contribution in [0.1, 0.15) is 38.2 Å². The maximum atomic E-state index is 5.18. The Morgan fingerprint density at radius 3 is 2.82 bits per heavy atom. The summed E-state index contributed by atoms with van der Waals surface area (Å²) in [4.78, 5) is 0. The fourth-order valence-corrected chi connectivity index (χ4v) is 3.49. The predicted molar refractivity (Wildman–Crippen MR) is 68.8 cm³/mol. The summed E-state index contributed by atoms with van der Waals surface area (Å²) in [6.07, 6.45) is 10.5. The minimum Gasteiger partial charge on any atom is -0.472 e. The SMILES string of the molecule is CCCNC(Cc1ccoc1)C1CC2CC2C1. The van der Waals surface area contributed by atoms with Crippen molar-refractivity contribution >= 4 is 0 Å². The highest BCUT2D eigenvalue weighted by molar-refractivity contribution is 5.09. The van der Waals surface area contributed by atoms with Gasteiger partial charge in [-0.25, -0.2) is 0 Å². The van der Waals surface area contributed by atoms with Crippen molar-refractivity contribution in [1.29, 1.82) is 0 Å². The molecule has 2 aliphatic rings. The lowest BCUT2D eigenvalue weighted by atomic mass is 9.90. The molecule has 17 heavy (non-hydrogen) atoms. The van der Waals surface area contributed by atoms with E-state index in [-0.39, 0.29) is 0 Å². The quantitative estimate of drug-likeness (QED) is 0.816.